The van der Waals surface area contributed by atoms with Crippen molar-refractivity contribution in [1.82, 2.24) is 4.98 Å². The third-order valence-electron chi connectivity index (χ3n) is 5.09. The van der Waals surface area contributed by atoms with Crippen LogP contribution in [-0.4, -0.2) is 17.6 Å². The van der Waals surface area contributed by atoms with Crippen molar-refractivity contribution in [3.63, 3.8) is 0 Å². The van der Waals surface area contributed by atoms with E-state index >= 15 is 0 Å². The Morgan fingerprint density at radius 3 is 2.79 bits per heavy atom. The Morgan fingerprint density at radius 1 is 1.29 bits per heavy atom. The summed E-state index contributed by atoms with van der Waals surface area (Å²) in [5.41, 5.74) is 4.97. The first-order valence-electron chi connectivity index (χ1n) is 8.54. The fourth-order valence-electron chi connectivity index (χ4n) is 2.96. The maximum atomic E-state index is 5.75. The van der Waals surface area contributed by atoms with E-state index in [0.29, 0.717) is 19.3 Å². The highest BCUT2D eigenvalue weighted by molar-refractivity contribution is 5.68. The number of aromatic nitrogens is 1. The summed E-state index contributed by atoms with van der Waals surface area (Å²) in [6.45, 7) is 10.1. The standard InChI is InChI=1S/C21H26N2O/c1-15(10-11-24-14-17-8-6-5-7-9-17)18-12-19-20(22-13-18)23-16(2)21(19,3)4/h5-10,12-13,16H,11,14H2,1-4H3,(H,22,23)/b15-10+. The molecule has 126 valence electrons. The number of fused-ring (bicyclic) bond motifs is 1. The Hall–Kier alpha value is -2.13. The summed E-state index contributed by atoms with van der Waals surface area (Å²) < 4.78 is 5.75. The first-order valence-corrected chi connectivity index (χ1v) is 8.54. The second-order valence-corrected chi connectivity index (χ2v) is 7.10. The first kappa shape index (κ1) is 16.7. The van der Waals surface area contributed by atoms with Crippen molar-refractivity contribution < 1.29 is 4.74 Å². The molecule has 1 aliphatic rings. The van der Waals surface area contributed by atoms with E-state index in [1.165, 1.54) is 22.3 Å². The summed E-state index contributed by atoms with van der Waals surface area (Å²) in [7, 11) is 0. The maximum absolute atomic E-state index is 5.75. The van der Waals surface area contributed by atoms with Gasteiger partial charge < -0.3 is 10.1 Å². The quantitative estimate of drug-likeness (QED) is 0.803. The zero-order chi connectivity index (χ0) is 17.2. The van der Waals surface area contributed by atoms with Crippen LogP contribution in [0.25, 0.3) is 5.57 Å². The van der Waals surface area contributed by atoms with Gasteiger partial charge in [0.15, 0.2) is 0 Å². The number of hydrogen-bond acceptors (Lipinski definition) is 3. The number of rotatable bonds is 5. The molecule has 3 rings (SSSR count). The van der Waals surface area contributed by atoms with Gasteiger partial charge in [-0.1, -0.05) is 50.3 Å². The molecule has 2 heterocycles. The van der Waals surface area contributed by atoms with Gasteiger partial charge in [-0.25, -0.2) is 4.98 Å². The fraction of sp³-hybridized carbons (Fsp3) is 0.381. The van der Waals surface area contributed by atoms with Crippen molar-refractivity contribution in [1.29, 1.82) is 0 Å². The molecule has 3 heteroatoms. The Morgan fingerprint density at radius 2 is 2.04 bits per heavy atom. The van der Waals surface area contributed by atoms with Gasteiger partial charge in [0.2, 0.25) is 0 Å². The summed E-state index contributed by atoms with van der Waals surface area (Å²) in [5, 5.41) is 3.47. The van der Waals surface area contributed by atoms with E-state index in [1.54, 1.807) is 0 Å². The van der Waals surface area contributed by atoms with Crippen molar-refractivity contribution in [3.8, 4) is 0 Å². The zero-order valence-electron chi connectivity index (χ0n) is 15.0. The lowest BCUT2D eigenvalue weighted by atomic mass is 9.81. The average molecular weight is 322 g/mol. The van der Waals surface area contributed by atoms with Crippen LogP contribution in [0.3, 0.4) is 0 Å². The molecular weight excluding hydrogens is 296 g/mol. The van der Waals surface area contributed by atoms with Crippen LogP contribution >= 0.6 is 0 Å². The highest BCUT2D eigenvalue weighted by Crippen LogP contribution is 2.40. The highest BCUT2D eigenvalue weighted by atomic mass is 16.5. The van der Waals surface area contributed by atoms with Crippen LogP contribution in [-0.2, 0) is 16.8 Å². The van der Waals surface area contributed by atoms with Crippen LogP contribution in [0.4, 0.5) is 5.82 Å². The van der Waals surface area contributed by atoms with E-state index in [9.17, 15) is 0 Å². The number of ether oxygens (including phenoxy) is 1. The molecule has 0 amide bonds. The summed E-state index contributed by atoms with van der Waals surface area (Å²) >= 11 is 0. The predicted octanol–water partition coefficient (Wildman–Crippen LogP) is 4.79. The minimum absolute atomic E-state index is 0.0996. The molecule has 1 unspecified atom stereocenters. The number of anilines is 1. The van der Waals surface area contributed by atoms with E-state index in [0.717, 1.165) is 5.82 Å². The number of benzene rings is 1. The van der Waals surface area contributed by atoms with Crippen molar-refractivity contribution in [3.05, 3.63) is 65.4 Å². The van der Waals surface area contributed by atoms with Gasteiger partial charge in [-0.05, 0) is 36.6 Å². The van der Waals surface area contributed by atoms with Gasteiger partial charge in [-0.15, -0.1) is 0 Å². The zero-order valence-corrected chi connectivity index (χ0v) is 15.0. The number of pyridine rings is 1. The number of hydrogen-bond donors (Lipinski definition) is 1. The summed E-state index contributed by atoms with van der Waals surface area (Å²) in [4.78, 5) is 4.61. The van der Waals surface area contributed by atoms with Crippen molar-refractivity contribution >= 4 is 11.4 Å². The van der Waals surface area contributed by atoms with Crippen LogP contribution in [0.2, 0.25) is 0 Å². The molecule has 1 N–H and O–H groups in total. The molecule has 1 aromatic carbocycles. The molecule has 0 saturated heterocycles. The van der Waals surface area contributed by atoms with Crippen molar-refractivity contribution in [2.45, 2.75) is 45.8 Å². The molecule has 0 spiro atoms. The second kappa shape index (κ2) is 6.78. The van der Waals surface area contributed by atoms with E-state index in [2.05, 4.69) is 62.3 Å². The Labute approximate surface area is 144 Å². The topological polar surface area (TPSA) is 34.1 Å². The third kappa shape index (κ3) is 3.36. The monoisotopic (exact) mass is 322 g/mol. The van der Waals surface area contributed by atoms with E-state index < -0.39 is 0 Å². The van der Waals surface area contributed by atoms with Crippen molar-refractivity contribution in [2.24, 2.45) is 0 Å². The molecule has 1 atom stereocenters. The Bertz CT molecular complexity index is 735. The lowest BCUT2D eigenvalue weighted by Crippen LogP contribution is -2.29. The third-order valence-corrected chi connectivity index (χ3v) is 5.09. The Balaban J connectivity index is 1.65. The van der Waals surface area contributed by atoms with E-state index in [1.807, 2.05) is 24.4 Å². The van der Waals surface area contributed by atoms with Gasteiger partial charge in [-0.2, -0.15) is 0 Å². The van der Waals surface area contributed by atoms with Crippen LogP contribution in [0, 0.1) is 0 Å². The molecule has 0 radical (unpaired) electrons. The molecule has 3 nitrogen and oxygen atoms in total. The number of nitrogens with one attached hydrogen (secondary N) is 1. The lowest BCUT2D eigenvalue weighted by Gasteiger charge is -2.23. The van der Waals surface area contributed by atoms with Gasteiger partial charge >= 0.3 is 0 Å². The van der Waals surface area contributed by atoms with Gasteiger partial charge in [-0.3, -0.25) is 0 Å². The molecule has 0 bridgehead atoms. The van der Waals surface area contributed by atoms with E-state index in [4.69, 9.17) is 4.74 Å². The van der Waals surface area contributed by atoms with Crippen LogP contribution in [0.15, 0.2) is 48.7 Å². The minimum Gasteiger partial charge on any atom is -0.373 e. The van der Waals surface area contributed by atoms with Crippen LogP contribution in [0.5, 0.6) is 0 Å². The summed E-state index contributed by atoms with van der Waals surface area (Å²) in [6.07, 6.45) is 4.08. The summed E-state index contributed by atoms with van der Waals surface area (Å²) in [6, 6.07) is 12.9. The number of allylic oxidation sites excluding steroid dienone is 1. The highest BCUT2D eigenvalue weighted by Gasteiger charge is 2.37. The lowest BCUT2D eigenvalue weighted by molar-refractivity contribution is 0.149. The van der Waals surface area contributed by atoms with Crippen LogP contribution < -0.4 is 5.32 Å². The normalized spacial score (nSPS) is 19.0. The molecule has 1 aromatic heterocycles. The van der Waals surface area contributed by atoms with Gasteiger partial charge in [0.25, 0.3) is 0 Å². The van der Waals surface area contributed by atoms with Gasteiger partial charge in [0.1, 0.15) is 5.82 Å². The minimum atomic E-state index is 0.0996. The maximum Gasteiger partial charge on any atom is 0.130 e. The SMILES string of the molecule is C/C(=C\COCc1ccccc1)c1cnc2c(c1)C(C)(C)C(C)N2. The van der Waals surface area contributed by atoms with Gasteiger partial charge in [0.05, 0.1) is 13.2 Å². The van der Waals surface area contributed by atoms with Gasteiger partial charge in [0, 0.05) is 23.2 Å². The molecule has 0 saturated carbocycles. The van der Waals surface area contributed by atoms with Crippen molar-refractivity contribution in [2.75, 3.05) is 11.9 Å². The number of nitrogens with zero attached hydrogens (tertiary/aromatic N) is 1. The molecule has 24 heavy (non-hydrogen) atoms. The molecule has 2 aromatic rings. The fourth-order valence-corrected chi connectivity index (χ4v) is 2.96. The molecular formula is C21H26N2O. The summed E-state index contributed by atoms with van der Waals surface area (Å²) in [5.74, 6) is 1.02. The van der Waals surface area contributed by atoms with E-state index in [-0.39, 0.29) is 5.41 Å². The molecule has 0 fully saturated rings. The molecule has 0 aliphatic carbocycles. The predicted molar refractivity (Wildman–Crippen MR) is 100 cm³/mol. The average Bonchev–Trinajstić information content (AvgIpc) is 2.81. The first-order chi connectivity index (χ1) is 11.5. The Kier molecular flexibility index (Phi) is 4.72. The van der Waals surface area contributed by atoms with Crippen LogP contribution in [0.1, 0.15) is 44.4 Å². The smallest absolute Gasteiger partial charge is 0.130 e. The largest absolute Gasteiger partial charge is 0.373 e. The molecule has 1 aliphatic heterocycles. The second-order valence-electron chi connectivity index (χ2n) is 7.10.